The molecule has 0 aromatic heterocycles. The van der Waals surface area contributed by atoms with Crippen LogP contribution in [-0.2, 0) is 16.6 Å². The molecule has 0 aliphatic carbocycles. The van der Waals surface area contributed by atoms with E-state index >= 15 is 0 Å². The zero-order chi connectivity index (χ0) is 15.3. The molecule has 0 aliphatic rings. The highest BCUT2D eigenvalue weighted by molar-refractivity contribution is 7.89. The molecule has 1 aromatic carbocycles. The second kappa shape index (κ2) is 7.06. The van der Waals surface area contributed by atoms with E-state index in [1.54, 1.807) is 31.2 Å². The Hall–Kier alpha value is -1.11. The highest BCUT2D eigenvalue weighted by Gasteiger charge is 2.21. The van der Waals surface area contributed by atoms with Crippen molar-refractivity contribution >= 4 is 27.5 Å². The monoisotopic (exact) mass is 318 g/mol. The van der Waals surface area contributed by atoms with Gasteiger partial charge >= 0.3 is 0 Å². The number of carbonyl (C=O) groups excluding carboxylic acids is 1. The van der Waals surface area contributed by atoms with Gasteiger partial charge in [-0.05, 0) is 23.6 Å². The summed E-state index contributed by atoms with van der Waals surface area (Å²) in [6, 6.07) is 6.55. The minimum absolute atomic E-state index is 0.0202. The predicted octanol–water partition coefficient (Wildman–Crippen LogP) is 1.42. The van der Waals surface area contributed by atoms with Crippen molar-refractivity contribution in [2.75, 3.05) is 18.7 Å². The molecule has 0 aliphatic heterocycles. The molecule has 0 saturated heterocycles. The largest absolute Gasteiger partial charge is 0.366 e. The second-order valence-corrected chi connectivity index (χ2v) is 7.28. The lowest BCUT2D eigenvalue weighted by Crippen LogP contribution is -2.31. The Bertz CT molecular complexity index is 557. The Morgan fingerprint density at radius 2 is 1.90 bits per heavy atom. The summed E-state index contributed by atoms with van der Waals surface area (Å²) < 4.78 is 25.4. The van der Waals surface area contributed by atoms with Crippen molar-refractivity contribution < 1.29 is 13.2 Å². The maximum Gasteiger partial charge on any atom is 0.248 e. The number of primary amides is 1. The van der Waals surface area contributed by atoms with Crippen LogP contribution in [0.3, 0.4) is 0 Å². The van der Waals surface area contributed by atoms with Gasteiger partial charge in [-0.3, -0.25) is 4.79 Å². The van der Waals surface area contributed by atoms with Crippen LogP contribution in [0.25, 0.3) is 0 Å². The van der Waals surface area contributed by atoms with Gasteiger partial charge in [0, 0.05) is 25.0 Å². The number of nitrogens with zero attached hydrogens (tertiary/aromatic N) is 1. The number of sulfonamides is 1. The van der Waals surface area contributed by atoms with Gasteiger partial charge in [-0.15, -0.1) is 11.6 Å². The lowest BCUT2D eigenvalue weighted by atomic mass is 10.1. The Labute approximate surface area is 124 Å². The van der Waals surface area contributed by atoms with Crippen LogP contribution in [0.5, 0.6) is 0 Å². The van der Waals surface area contributed by atoms with Crippen LogP contribution >= 0.6 is 11.6 Å². The quantitative estimate of drug-likeness (QED) is 0.772. The Kier molecular flexibility index (Phi) is 5.98. The summed E-state index contributed by atoms with van der Waals surface area (Å²) in [7, 11) is -1.81. The molecule has 0 fully saturated rings. The normalized spacial score (nSPS) is 13.4. The summed E-state index contributed by atoms with van der Waals surface area (Å²) >= 11 is 5.64. The van der Waals surface area contributed by atoms with E-state index in [1.807, 2.05) is 0 Å². The van der Waals surface area contributed by atoms with Crippen LogP contribution < -0.4 is 5.73 Å². The van der Waals surface area contributed by atoms with Crippen molar-refractivity contribution in [3.63, 3.8) is 0 Å². The van der Waals surface area contributed by atoms with Gasteiger partial charge in [0.1, 0.15) is 0 Å². The van der Waals surface area contributed by atoms with E-state index in [0.29, 0.717) is 11.4 Å². The van der Waals surface area contributed by atoms with E-state index in [-0.39, 0.29) is 18.2 Å². The van der Waals surface area contributed by atoms with Gasteiger partial charge in [-0.2, -0.15) is 0 Å². The number of rotatable bonds is 7. The molecule has 1 unspecified atom stereocenters. The number of benzene rings is 1. The number of carbonyl (C=O) groups is 1. The summed E-state index contributed by atoms with van der Waals surface area (Å²) in [5.41, 5.74) is 6.34. The van der Waals surface area contributed by atoms with Gasteiger partial charge in [-0.25, -0.2) is 12.7 Å². The van der Waals surface area contributed by atoms with Crippen LogP contribution in [0.2, 0.25) is 0 Å². The van der Waals surface area contributed by atoms with Crippen LogP contribution in [-0.4, -0.2) is 37.3 Å². The van der Waals surface area contributed by atoms with Gasteiger partial charge in [0.2, 0.25) is 15.9 Å². The van der Waals surface area contributed by atoms with Crippen LogP contribution in [0.1, 0.15) is 22.8 Å². The van der Waals surface area contributed by atoms with Gasteiger partial charge in [0.25, 0.3) is 0 Å². The molecule has 0 bridgehead atoms. The average Bonchev–Trinajstić information content (AvgIpc) is 2.38. The smallest absolute Gasteiger partial charge is 0.248 e. The Morgan fingerprint density at radius 1 is 1.35 bits per heavy atom. The fourth-order valence-electron chi connectivity index (χ4n) is 1.66. The van der Waals surface area contributed by atoms with Crippen molar-refractivity contribution in [1.82, 2.24) is 4.31 Å². The predicted molar refractivity (Wildman–Crippen MR) is 80.1 cm³/mol. The first kappa shape index (κ1) is 16.9. The van der Waals surface area contributed by atoms with E-state index < -0.39 is 15.9 Å². The molecule has 1 atom stereocenters. The second-order valence-electron chi connectivity index (χ2n) is 4.86. The standard InChI is InChI=1S/C13H19ClN2O3S/c1-10(7-14)9-20(18,19)16(2)8-11-3-5-12(6-4-11)13(15)17/h3-6,10H,7-9H2,1-2H3,(H2,15,17). The molecule has 1 rings (SSSR count). The SMILES string of the molecule is CC(CCl)CS(=O)(=O)N(C)Cc1ccc(C(N)=O)cc1. The van der Waals surface area contributed by atoms with Crippen molar-refractivity contribution in [3.8, 4) is 0 Å². The number of alkyl halides is 1. The maximum absolute atomic E-state index is 12.1. The lowest BCUT2D eigenvalue weighted by Gasteiger charge is -2.19. The first-order chi connectivity index (χ1) is 9.26. The van der Waals surface area contributed by atoms with Crippen molar-refractivity contribution in [2.24, 2.45) is 11.7 Å². The molecule has 2 N–H and O–H groups in total. The van der Waals surface area contributed by atoms with Crippen molar-refractivity contribution in [3.05, 3.63) is 35.4 Å². The fraction of sp³-hybridized carbons (Fsp3) is 0.462. The summed E-state index contributed by atoms with van der Waals surface area (Å²) in [6.45, 7) is 2.04. The topological polar surface area (TPSA) is 80.5 Å². The summed E-state index contributed by atoms with van der Waals surface area (Å²) in [4.78, 5) is 11.0. The molecule has 0 heterocycles. The van der Waals surface area contributed by atoms with Crippen LogP contribution in [0, 0.1) is 5.92 Å². The maximum atomic E-state index is 12.1. The van der Waals surface area contributed by atoms with Gasteiger partial charge in [0.15, 0.2) is 0 Å². The van der Waals surface area contributed by atoms with Crippen LogP contribution in [0.4, 0.5) is 0 Å². The molecule has 0 saturated carbocycles. The third kappa shape index (κ3) is 4.77. The first-order valence-electron chi connectivity index (χ1n) is 6.15. The van der Waals surface area contributed by atoms with Crippen molar-refractivity contribution in [1.29, 1.82) is 0 Å². The Morgan fingerprint density at radius 3 is 2.35 bits per heavy atom. The molecule has 112 valence electrons. The summed E-state index contributed by atoms with van der Waals surface area (Å²) in [5.74, 6) is -0.276. The molecular formula is C13H19ClN2O3S. The highest BCUT2D eigenvalue weighted by atomic mass is 35.5. The van der Waals surface area contributed by atoms with Crippen LogP contribution in [0.15, 0.2) is 24.3 Å². The van der Waals surface area contributed by atoms with Crippen molar-refractivity contribution in [2.45, 2.75) is 13.5 Å². The third-order valence-electron chi connectivity index (χ3n) is 2.88. The number of amides is 1. The molecule has 7 heteroatoms. The molecule has 20 heavy (non-hydrogen) atoms. The number of halogens is 1. The fourth-order valence-corrected chi connectivity index (χ4v) is 3.34. The minimum Gasteiger partial charge on any atom is -0.366 e. The van der Waals surface area contributed by atoms with E-state index in [1.165, 1.54) is 11.4 Å². The van der Waals surface area contributed by atoms with E-state index in [0.717, 1.165) is 5.56 Å². The summed E-state index contributed by atoms with van der Waals surface area (Å²) in [6.07, 6.45) is 0. The molecular weight excluding hydrogens is 300 g/mol. The van der Waals surface area contributed by atoms with E-state index in [4.69, 9.17) is 17.3 Å². The number of nitrogens with two attached hydrogens (primary N) is 1. The lowest BCUT2D eigenvalue weighted by molar-refractivity contribution is 0.1000. The van der Waals surface area contributed by atoms with Gasteiger partial charge < -0.3 is 5.73 Å². The zero-order valence-corrected chi connectivity index (χ0v) is 13.1. The average molecular weight is 319 g/mol. The molecule has 1 aromatic rings. The highest BCUT2D eigenvalue weighted by Crippen LogP contribution is 2.12. The number of hydrogen-bond donors (Lipinski definition) is 1. The van der Waals surface area contributed by atoms with Gasteiger partial charge in [0.05, 0.1) is 5.75 Å². The molecule has 0 radical (unpaired) electrons. The molecule has 5 nitrogen and oxygen atoms in total. The first-order valence-corrected chi connectivity index (χ1v) is 8.29. The van der Waals surface area contributed by atoms with E-state index in [2.05, 4.69) is 0 Å². The number of hydrogen-bond acceptors (Lipinski definition) is 3. The van der Waals surface area contributed by atoms with E-state index in [9.17, 15) is 13.2 Å². The molecule has 1 amide bonds. The Balaban J connectivity index is 2.74. The third-order valence-corrected chi connectivity index (χ3v) is 5.47. The van der Waals surface area contributed by atoms with Gasteiger partial charge in [-0.1, -0.05) is 19.1 Å². The summed E-state index contributed by atoms with van der Waals surface area (Å²) in [5, 5.41) is 0. The molecule has 0 spiro atoms. The minimum atomic E-state index is -3.34. The zero-order valence-electron chi connectivity index (χ0n) is 11.5.